The molecule has 3 aromatic heterocycles. The fourth-order valence-electron chi connectivity index (χ4n) is 6.83. The second-order valence-electron chi connectivity index (χ2n) is 11.0. The minimum absolute atomic E-state index is 0.0306. The molecule has 0 atom stereocenters. The third kappa shape index (κ3) is 3.35. The molecule has 43 heavy (non-hydrogen) atoms. The van der Waals surface area contributed by atoms with Gasteiger partial charge in [0.25, 0.3) is 5.56 Å². The van der Waals surface area contributed by atoms with Gasteiger partial charge in [0.2, 0.25) is 0 Å². The molecular weight excluding hydrogens is 526 g/mol. The summed E-state index contributed by atoms with van der Waals surface area (Å²) in [5.74, 6) is 0. The van der Waals surface area contributed by atoms with Gasteiger partial charge in [0.05, 0.1) is 33.1 Å². The molecule has 9 aromatic rings. The van der Waals surface area contributed by atoms with Crippen molar-refractivity contribution in [2.24, 2.45) is 0 Å². The molecule has 3 heterocycles. The molecule has 4 nitrogen and oxygen atoms in total. The van der Waals surface area contributed by atoms with Crippen molar-refractivity contribution in [2.45, 2.75) is 0 Å². The van der Waals surface area contributed by atoms with Gasteiger partial charge >= 0.3 is 0 Å². The van der Waals surface area contributed by atoms with Crippen molar-refractivity contribution in [3.63, 3.8) is 0 Å². The van der Waals surface area contributed by atoms with Gasteiger partial charge in [0, 0.05) is 27.4 Å². The Morgan fingerprint density at radius 1 is 0.395 bits per heavy atom. The Bertz CT molecular complexity index is 2520. The minimum atomic E-state index is -0.0306. The van der Waals surface area contributed by atoms with Crippen LogP contribution < -0.4 is 5.56 Å². The van der Waals surface area contributed by atoms with Crippen molar-refractivity contribution >= 4 is 49.3 Å². The van der Waals surface area contributed by atoms with Gasteiger partial charge < -0.3 is 4.57 Å². The third-order valence-electron chi connectivity index (χ3n) is 8.63. The Morgan fingerprint density at radius 3 is 1.60 bits per heavy atom. The molecule has 0 aliphatic heterocycles. The topological polar surface area (TPSA) is 31.3 Å². The fourth-order valence-corrected chi connectivity index (χ4v) is 6.83. The first-order chi connectivity index (χ1) is 21.3. The van der Waals surface area contributed by atoms with Gasteiger partial charge in [-0.1, -0.05) is 97.1 Å². The molecule has 0 aliphatic carbocycles. The van der Waals surface area contributed by atoms with Gasteiger partial charge in [0.1, 0.15) is 5.65 Å². The Balaban J connectivity index is 1.50. The molecule has 0 spiro atoms. The van der Waals surface area contributed by atoms with Gasteiger partial charge in [-0.05, 0) is 60.2 Å². The summed E-state index contributed by atoms with van der Waals surface area (Å²) in [6.07, 6.45) is 0. The van der Waals surface area contributed by atoms with Gasteiger partial charge in [0.15, 0.2) is 0 Å². The normalized spacial score (nSPS) is 11.8. The first-order valence-corrected chi connectivity index (χ1v) is 14.5. The van der Waals surface area contributed by atoms with E-state index in [1.165, 1.54) is 21.8 Å². The van der Waals surface area contributed by atoms with Gasteiger partial charge in [-0.3, -0.25) is 13.8 Å². The lowest BCUT2D eigenvalue weighted by Crippen LogP contribution is -2.21. The van der Waals surface area contributed by atoms with E-state index in [4.69, 9.17) is 0 Å². The van der Waals surface area contributed by atoms with E-state index < -0.39 is 0 Å². The fraction of sp³-hybridized carbons (Fsp3) is 0. The van der Waals surface area contributed by atoms with Gasteiger partial charge in [-0.15, -0.1) is 0 Å². The lowest BCUT2D eigenvalue weighted by molar-refractivity contribution is 1.01. The van der Waals surface area contributed by atoms with Crippen LogP contribution in [0.25, 0.3) is 71.8 Å². The average molecular weight is 552 g/mol. The molecule has 0 bridgehead atoms. The number of fused-ring (bicyclic) bond motifs is 8. The number of hydrogen-bond acceptors (Lipinski definition) is 1. The molecule has 9 rings (SSSR count). The molecule has 0 aliphatic rings. The van der Waals surface area contributed by atoms with Crippen LogP contribution in [0.4, 0.5) is 0 Å². The molecule has 0 unspecified atom stereocenters. The molecule has 0 saturated carbocycles. The SMILES string of the molecule is O=c1c2ccccc2n2c3ccc(-n4c5ccccc5c5ccccc54)cc3c(-c3ccccc3)c2n1-c1ccccc1. The van der Waals surface area contributed by atoms with E-state index in [1.807, 2.05) is 65.2 Å². The maximum atomic E-state index is 14.3. The maximum Gasteiger partial charge on any atom is 0.266 e. The van der Waals surface area contributed by atoms with Crippen LogP contribution in [0.2, 0.25) is 0 Å². The van der Waals surface area contributed by atoms with Crippen molar-refractivity contribution in [3.05, 3.63) is 162 Å². The van der Waals surface area contributed by atoms with Crippen LogP contribution in [-0.4, -0.2) is 13.5 Å². The standard InChI is InChI=1S/C39H25N3O/c43-39-31-19-9-12-22-35(31)42-36-24-23-28(40-33-20-10-7-17-29(33)30-18-8-11-21-34(30)40)25-32(36)37(26-13-3-1-4-14-26)38(42)41(39)27-15-5-2-6-16-27/h1-25H. The number of hydrogen-bond donors (Lipinski definition) is 0. The summed E-state index contributed by atoms with van der Waals surface area (Å²) in [7, 11) is 0. The monoisotopic (exact) mass is 551 g/mol. The zero-order chi connectivity index (χ0) is 28.5. The maximum absolute atomic E-state index is 14.3. The molecule has 6 aromatic carbocycles. The second kappa shape index (κ2) is 9.07. The van der Waals surface area contributed by atoms with Crippen molar-refractivity contribution in [1.29, 1.82) is 0 Å². The van der Waals surface area contributed by atoms with E-state index in [0.29, 0.717) is 5.39 Å². The van der Waals surface area contributed by atoms with Crippen LogP contribution in [0, 0.1) is 0 Å². The van der Waals surface area contributed by atoms with E-state index in [2.05, 4.69) is 100.0 Å². The van der Waals surface area contributed by atoms with E-state index >= 15 is 0 Å². The molecule has 202 valence electrons. The second-order valence-corrected chi connectivity index (χ2v) is 11.0. The summed E-state index contributed by atoms with van der Waals surface area (Å²) in [6.45, 7) is 0. The van der Waals surface area contributed by atoms with Crippen LogP contribution in [0.1, 0.15) is 0 Å². The van der Waals surface area contributed by atoms with E-state index in [9.17, 15) is 4.79 Å². The Hall–Kier alpha value is -5.87. The number of nitrogens with zero attached hydrogens (tertiary/aromatic N) is 3. The zero-order valence-corrected chi connectivity index (χ0v) is 23.2. The summed E-state index contributed by atoms with van der Waals surface area (Å²) in [4.78, 5) is 14.3. The van der Waals surface area contributed by atoms with E-state index in [0.717, 1.165) is 44.6 Å². The van der Waals surface area contributed by atoms with Gasteiger partial charge in [-0.2, -0.15) is 0 Å². The quantitative estimate of drug-likeness (QED) is 0.215. The summed E-state index contributed by atoms with van der Waals surface area (Å²) in [5, 5.41) is 4.23. The van der Waals surface area contributed by atoms with Crippen LogP contribution in [-0.2, 0) is 0 Å². The highest BCUT2D eigenvalue weighted by Gasteiger charge is 2.23. The molecule has 0 fully saturated rings. The van der Waals surface area contributed by atoms with Crippen molar-refractivity contribution < 1.29 is 0 Å². The number of para-hydroxylation sites is 4. The first-order valence-electron chi connectivity index (χ1n) is 14.5. The smallest absolute Gasteiger partial charge is 0.266 e. The lowest BCUT2D eigenvalue weighted by atomic mass is 10.0. The van der Waals surface area contributed by atoms with E-state index in [1.54, 1.807) is 0 Å². The number of benzene rings is 6. The third-order valence-corrected chi connectivity index (χ3v) is 8.63. The van der Waals surface area contributed by atoms with Crippen LogP contribution in [0.3, 0.4) is 0 Å². The van der Waals surface area contributed by atoms with Crippen molar-refractivity contribution in [2.75, 3.05) is 0 Å². The predicted octanol–water partition coefficient (Wildman–Crippen LogP) is 9.16. The lowest BCUT2D eigenvalue weighted by Gasteiger charge is -2.14. The summed E-state index contributed by atoms with van der Waals surface area (Å²) in [5.41, 5.74) is 9.12. The number of aromatic nitrogens is 3. The highest BCUT2D eigenvalue weighted by molar-refractivity contribution is 6.11. The summed E-state index contributed by atoms with van der Waals surface area (Å²) in [6, 6.07) is 52.2. The van der Waals surface area contributed by atoms with Crippen LogP contribution in [0.15, 0.2) is 156 Å². The summed E-state index contributed by atoms with van der Waals surface area (Å²) >= 11 is 0. The van der Waals surface area contributed by atoms with E-state index in [-0.39, 0.29) is 5.56 Å². The molecule has 0 radical (unpaired) electrons. The molecule has 4 heteroatoms. The van der Waals surface area contributed by atoms with Crippen LogP contribution in [0.5, 0.6) is 0 Å². The minimum Gasteiger partial charge on any atom is -0.309 e. The van der Waals surface area contributed by atoms with Crippen LogP contribution >= 0.6 is 0 Å². The average Bonchev–Trinajstić information content (AvgIpc) is 3.59. The molecule has 0 saturated heterocycles. The highest BCUT2D eigenvalue weighted by Crippen LogP contribution is 2.40. The van der Waals surface area contributed by atoms with Crippen molar-refractivity contribution in [3.8, 4) is 22.5 Å². The van der Waals surface area contributed by atoms with Gasteiger partial charge in [-0.25, -0.2) is 0 Å². The molecule has 0 amide bonds. The number of rotatable bonds is 3. The Labute approximate surface area is 246 Å². The largest absolute Gasteiger partial charge is 0.309 e. The first kappa shape index (κ1) is 23.8. The molecule has 0 N–H and O–H groups in total. The molecular formula is C39H25N3O. The highest BCUT2D eigenvalue weighted by atomic mass is 16.1. The summed E-state index contributed by atoms with van der Waals surface area (Å²) < 4.78 is 6.49. The Morgan fingerprint density at radius 2 is 0.930 bits per heavy atom. The van der Waals surface area contributed by atoms with Crippen molar-refractivity contribution in [1.82, 2.24) is 13.5 Å². The Kier molecular flexibility index (Phi) is 5.02. The zero-order valence-electron chi connectivity index (χ0n) is 23.2. The predicted molar refractivity (Wildman–Crippen MR) is 178 cm³/mol.